The van der Waals surface area contributed by atoms with Gasteiger partial charge in [-0.15, -0.1) is 0 Å². The lowest BCUT2D eigenvalue weighted by Gasteiger charge is -2.48. The fourth-order valence-electron chi connectivity index (χ4n) is 4.76. The summed E-state index contributed by atoms with van der Waals surface area (Å²) in [4.78, 5) is 0. The van der Waals surface area contributed by atoms with Crippen molar-refractivity contribution in [2.45, 2.75) is 83.8 Å². The molecule has 1 aromatic rings. The molecule has 0 aromatic heterocycles. The Kier molecular flexibility index (Phi) is 4.83. The number of fused-ring (bicyclic) bond motifs is 3. The monoisotopic (exact) mass is 332 g/mol. The van der Waals surface area contributed by atoms with Gasteiger partial charge in [0.2, 0.25) is 0 Å². The van der Waals surface area contributed by atoms with Crippen molar-refractivity contribution in [1.82, 2.24) is 0 Å². The van der Waals surface area contributed by atoms with Crippen LogP contribution in [0.15, 0.2) is 12.1 Å². The first-order valence-corrected chi connectivity index (χ1v) is 9.50. The summed E-state index contributed by atoms with van der Waals surface area (Å²) in [6.45, 7) is 8.53. The summed E-state index contributed by atoms with van der Waals surface area (Å²) < 4.78 is 6.36. The smallest absolute Gasteiger partial charge is 0.127 e. The molecule has 1 fully saturated rings. The Labute approximate surface area is 146 Å². The molecule has 3 heteroatoms. The standard InChI is InChI=1S/C21H32O3/c1-13-8-9-17-16(10-13)20-18(23)11-15(7-5-6-14(2)22)12-19(20)24-21(17,3)4/h11-14,16-17,22-23H,5-10H2,1-4H3/t13-,14?,16-,17-/m1/s1. The van der Waals surface area contributed by atoms with Crippen LogP contribution in [0.3, 0.4) is 0 Å². The van der Waals surface area contributed by atoms with E-state index in [-0.39, 0.29) is 11.7 Å². The van der Waals surface area contributed by atoms with Gasteiger partial charge < -0.3 is 14.9 Å². The van der Waals surface area contributed by atoms with Crippen molar-refractivity contribution in [3.05, 3.63) is 23.3 Å². The van der Waals surface area contributed by atoms with E-state index in [1.54, 1.807) is 0 Å². The molecule has 1 saturated carbocycles. The lowest BCUT2D eigenvalue weighted by Crippen LogP contribution is -2.46. The summed E-state index contributed by atoms with van der Waals surface area (Å²) in [7, 11) is 0. The third-order valence-corrected chi connectivity index (χ3v) is 6.02. The van der Waals surface area contributed by atoms with E-state index in [1.807, 2.05) is 13.0 Å². The Balaban J connectivity index is 1.90. The number of ether oxygens (including phenoxy) is 1. The Morgan fingerprint density at radius 3 is 2.75 bits per heavy atom. The van der Waals surface area contributed by atoms with Crippen molar-refractivity contribution in [2.24, 2.45) is 11.8 Å². The first-order valence-electron chi connectivity index (χ1n) is 9.50. The molecule has 1 aliphatic heterocycles. The maximum atomic E-state index is 10.7. The minimum Gasteiger partial charge on any atom is -0.508 e. The van der Waals surface area contributed by atoms with E-state index in [1.165, 1.54) is 12.8 Å². The van der Waals surface area contributed by atoms with E-state index >= 15 is 0 Å². The third kappa shape index (κ3) is 3.42. The largest absolute Gasteiger partial charge is 0.508 e. The number of hydrogen-bond donors (Lipinski definition) is 2. The second kappa shape index (κ2) is 6.59. The van der Waals surface area contributed by atoms with Gasteiger partial charge >= 0.3 is 0 Å². The van der Waals surface area contributed by atoms with Gasteiger partial charge in [0.25, 0.3) is 0 Å². The molecule has 1 aliphatic carbocycles. The second-order valence-corrected chi connectivity index (χ2v) is 8.60. The molecule has 1 heterocycles. The van der Waals surface area contributed by atoms with Gasteiger partial charge in [0, 0.05) is 11.5 Å². The van der Waals surface area contributed by atoms with Crippen molar-refractivity contribution in [1.29, 1.82) is 0 Å². The first-order chi connectivity index (χ1) is 11.3. The predicted octanol–water partition coefficient (Wildman–Crippen LogP) is 4.79. The summed E-state index contributed by atoms with van der Waals surface area (Å²) in [5, 5.41) is 20.1. The predicted molar refractivity (Wildman–Crippen MR) is 96.7 cm³/mol. The van der Waals surface area contributed by atoms with Crippen LogP contribution in [-0.4, -0.2) is 21.9 Å². The highest BCUT2D eigenvalue weighted by Crippen LogP contribution is 2.55. The van der Waals surface area contributed by atoms with Crippen molar-refractivity contribution >= 4 is 0 Å². The zero-order valence-corrected chi connectivity index (χ0v) is 15.5. The molecular weight excluding hydrogens is 300 g/mol. The quantitative estimate of drug-likeness (QED) is 0.833. The minimum atomic E-state index is -0.268. The van der Waals surface area contributed by atoms with Crippen LogP contribution in [0.2, 0.25) is 0 Å². The number of benzene rings is 1. The van der Waals surface area contributed by atoms with E-state index in [0.717, 1.165) is 42.6 Å². The molecule has 0 amide bonds. The van der Waals surface area contributed by atoms with E-state index in [0.29, 0.717) is 23.5 Å². The molecule has 4 atom stereocenters. The van der Waals surface area contributed by atoms with Gasteiger partial charge in [0.15, 0.2) is 0 Å². The van der Waals surface area contributed by atoms with E-state index in [4.69, 9.17) is 4.74 Å². The van der Waals surface area contributed by atoms with E-state index in [9.17, 15) is 10.2 Å². The van der Waals surface area contributed by atoms with Crippen molar-refractivity contribution in [2.75, 3.05) is 0 Å². The van der Waals surface area contributed by atoms with Crippen LogP contribution in [0.5, 0.6) is 11.5 Å². The minimum absolute atomic E-state index is 0.178. The lowest BCUT2D eigenvalue weighted by atomic mass is 9.64. The molecule has 0 saturated heterocycles. The second-order valence-electron chi connectivity index (χ2n) is 8.60. The molecule has 2 N–H and O–H groups in total. The maximum Gasteiger partial charge on any atom is 0.127 e. The van der Waals surface area contributed by atoms with E-state index in [2.05, 4.69) is 26.8 Å². The Morgan fingerprint density at radius 1 is 1.29 bits per heavy atom. The normalized spacial score (nSPS) is 29.3. The maximum absolute atomic E-state index is 10.7. The number of phenolic OH excluding ortho intramolecular Hbond substituents is 1. The molecule has 3 rings (SSSR count). The van der Waals surface area contributed by atoms with Crippen molar-refractivity contribution < 1.29 is 14.9 Å². The SMILES string of the molecule is CC(O)CCCc1cc(O)c2c(c1)OC(C)(C)[C@@H]1CC[C@@H](C)C[C@@H]21. The molecule has 134 valence electrons. The summed E-state index contributed by atoms with van der Waals surface area (Å²) in [6.07, 6.45) is 5.86. The van der Waals surface area contributed by atoms with Gasteiger partial charge in [-0.1, -0.05) is 13.3 Å². The van der Waals surface area contributed by atoms with Gasteiger partial charge in [-0.05, 0) is 82.4 Å². The van der Waals surface area contributed by atoms with Gasteiger partial charge in [-0.2, -0.15) is 0 Å². The number of aromatic hydroxyl groups is 1. The molecule has 3 nitrogen and oxygen atoms in total. The highest BCUT2D eigenvalue weighted by atomic mass is 16.5. The molecular formula is C21H32O3. The molecule has 0 spiro atoms. The number of aliphatic hydroxyl groups excluding tert-OH is 1. The number of hydrogen-bond acceptors (Lipinski definition) is 3. The Bertz CT molecular complexity index is 591. The summed E-state index contributed by atoms with van der Waals surface area (Å²) >= 11 is 0. The summed E-state index contributed by atoms with van der Waals surface area (Å²) in [5.41, 5.74) is 1.96. The van der Waals surface area contributed by atoms with Crippen LogP contribution in [0, 0.1) is 11.8 Å². The number of aryl methyl sites for hydroxylation is 1. The topological polar surface area (TPSA) is 49.7 Å². The van der Waals surface area contributed by atoms with Gasteiger partial charge in [-0.3, -0.25) is 0 Å². The van der Waals surface area contributed by atoms with Crippen LogP contribution >= 0.6 is 0 Å². The zero-order valence-electron chi connectivity index (χ0n) is 15.5. The molecule has 24 heavy (non-hydrogen) atoms. The highest BCUT2D eigenvalue weighted by Gasteiger charge is 2.47. The van der Waals surface area contributed by atoms with Gasteiger partial charge in [0.1, 0.15) is 17.1 Å². The molecule has 0 radical (unpaired) electrons. The zero-order chi connectivity index (χ0) is 17.5. The molecule has 2 aliphatic rings. The van der Waals surface area contributed by atoms with Crippen LogP contribution in [0.1, 0.15) is 76.8 Å². The Hall–Kier alpha value is -1.22. The number of aliphatic hydroxyl groups is 1. The summed E-state index contributed by atoms with van der Waals surface area (Å²) in [5.74, 6) is 2.87. The van der Waals surface area contributed by atoms with Crippen LogP contribution < -0.4 is 4.74 Å². The highest BCUT2D eigenvalue weighted by molar-refractivity contribution is 5.52. The van der Waals surface area contributed by atoms with Gasteiger partial charge in [-0.25, -0.2) is 0 Å². The molecule has 0 bridgehead atoms. The van der Waals surface area contributed by atoms with Crippen LogP contribution in [0.25, 0.3) is 0 Å². The Morgan fingerprint density at radius 2 is 2.04 bits per heavy atom. The van der Waals surface area contributed by atoms with Gasteiger partial charge in [0.05, 0.1) is 6.10 Å². The van der Waals surface area contributed by atoms with E-state index < -0.39 is 0 Å². The lowest BCUT2D eigenvalue weighted by molar-refractivity contribution is -0.0145. The summed E-state index contributed by atoms with van der Waals surface area (Å²) in [6, 6.07) is 4.03. The fraction of sp³-hybridized carbons (Fsp3) is 0.714. The molecule has 1 unspecified atom stereocenters. The average molecular weight is 332 g/mol. The van der Waals surface area contributed by atoms with Crippen LogP contribution in [0.4, 0.5) is 0 Å². The van der Waals surface area contributed by atoms with Crippen molar-refractivity contribution in [3.63, 3.8) is 0 Å². The fourth-order valence-corrected chi connectivity index (χ4v) is 4.76. The van der Waals surface area contributed by atoms with Crippen molar-refractivity contribution in [3.8, 4) is 11.5 Å². The number of rotatable bonds is 4. The number of phenols is 1. The average Bonchev–Trinajstić information content (AvgIpc) is 2.45. The third-order valence-electron chi connectivity index (χ3n) is 6.02. The molecule has 1 aromatic carbocycles. The first kappa shape index (κ1) is 17.6. The van der Waals surface area contributed by atoms with Crippen LogP contribution in [-0.2, 0) is 6.42 Å².